The maximum atomic E-state index is 13.7. The molecule has 0 atom stereocenters. The van der Waals surface area contributed by atoms with Gasteiger partial charge >= 0.3 is 5.97 Å². The van der Waals surface area contributed by atoms with Crippen molar-refractivity contribution in [3.8, 4) is 17.1 Å². The molecule has 1 aromatic heterocycles. The van der Waals surface area contributed by atoms with Gasteiger partial charge in [0.1, 0.15) is 23.1 Å². The number of nitrogens with one attached hydrogen (secondary N) is 1. The van der Waals surface area contributed by atoms with Gasteiger partial charge in [-0.05, 0) is 65.9 Å². The summed E-state index contributed by atoms with van der Waals surface area (Å²) in [4.78, 5) is 16.2. The summed E-state index contributed by atoms with van der Waals surface area (Å²) >= 11 is 6.83. The molecule has 0 aliphatic rings. The molecule has 0 saturated heterocycles. The lowest BCUT2D eigenvalue weighted by Gasteiger charge is -2.07. The van der Waals surface area contributed by atoms with E-state index in [-0.39, 0.29) is 22.5 Å². The molecule has 4 aromatic rings. The Labute approximate surface area is 198 Å². The van der Waals surface area contributed by atoms with E-state index in [0.29, 0.717) is 27.7 Å². The normalized spacial score (nSPS) is 11.4. The molecule has 6 nitrogen and oxygen atoms in total. The number of aromatic nitrogens is 3. The lowest BCUT2D eigenvalue weighted by Crippen LogP contribution is -1.98. The number of nitrogens with zero attached hydrogens (tertiary/aromatic N) is 2. The number of carboxylic acid groups (broad SMARTS) is 1. The highest BCUT2D eigenvalue weighted by Gasteiger charge is 2.14. The minimum absolute atomic E-state index is 0.0525. The van der Waals surface area contributed by atoms with E-state index in [2.05, 4.69) is 15.2 Å². The van der Waals surface area contributed by atoms with Crippen molar-refractivity contribution in [2.24, 2.45) is 0 Å². The van der Waals surface area contributed by atoms with Gasteiger partial charge in [-0.3, -0.25) is 5.10 Å². The summed E-state index contributed by atoms with van der Waals surface area (Å²) in [5, 5.41) is 17.4. The molecule has 0 spiro atoms. The summed E-state index contributed by atoms with van der Waals surface area (Å²) < 4.78 is 19.3. The Bertz CT molecular complexity index is 1290. The SMILES string of the molecule is O=C(O)/C(=C/c1ccc(OCc2ccccc2F)cc1)Sc1n[nH]c(-c2ccc(Cl)cc2)n1. The molecule has 33 heavy (non-hydrogen) atoms. The number of benzene rings is 3. The van der Waals surface area contributed by atoms with Gasteiger partial charge in [-0.2, -0.15) is 0 Å². The molecule has 0 aliphatic heterocycles. The van der Waals surface area contributed by atoms with Crippen molar-refractivity contribution in [2.75, 3.05) is 0 Å². The number of aromatic amines is 1. The Kier molecular flexibility index (Phi) is 7.07. The van der Waals surface area contributed by atoms with Crippen molar-refractivity contribution >= 4 is 35.4 Å². The van der Waals surface area contributed by atoms with Crippen LogP contribution in [0.3, 0.4) is 0 Å². The number of ether oxygens (including phenoxy) is 1. The van der Waals surface area contributed by atoms with Crippen LogP contribution in [0.15, 0.2) is 82.9 Å². The number of halogens is 2. The van der Waals surface area contributed by atoms with E-state index in [4.69, 9.17) is 16.3 Å². The number of rotatable bonds is 8. The topological polar surface area (TPSA) is 88.1 Å². The third-order valence-corrected chi connectivity index (χ3v) is 5.65. The van der Waals surface area contributed by atoms with E-state index in [0.717, 1.165) is 17.3 Å². The Hall–Kier alpha value is -3.62. The number of aliphatic carboxylic acids is 1. The lowest BCUT2D eigenvalue weighted by atomic mass is 10.2. The van der Waals surface area contributed by atoms with Crippen LogP contribution in [0.2, 0.25) is 5.02 Å². The van der Waals surface area contributed by atoms with Crippen molar-refractivity contribution in [1.82, 2.24) is 15.2 Å². The smallest absolute Gasteiger partial charge is 0.342 e. The Balaban J connectivity index is 1.44. The van der Waals surface area contributed by atoms with E-state index >= 15 is 0 Å². The summed E-state index contributed by atoms with van der Waals surface area (Å²) in [5.41, 5.74) is 1.90. The van der Waals surface area contributed by atoms with E-state index in [1.165, 1.54) is 12.1 Å². The third kappa shape index (κ3) is 6.00. The monoisotopic (exact) mass is 481 g/mol. The maximum absolute atomic E-state index is 13.7. The van der Waals surface area contributed by atoms with Gasteiger partial charge in [-0.15, -0.1) is 5.10 Å². The molecule has 166 valence electrons. The Morgan fingerprint density at radius 2 is 1.82 bits per heavy atom. The largest absolute Gasteiger partial charge is 0.489 e. The standard InChI is InChI=1S/C24H17ClFN3O3S/c25-18-9-7-16(8-10-18)22-27-24(29-28-22)33-21(23(30)31)13-15-5-11-19(12-6-15)32-14-17-3-1-2-4-20(17)26/h1-13H,14H2,(H,30,31)(H,27,28,29)/b21-13-. The summed E-state index contributed by atoms with van der Waals surface area (Å²) in [7, 11) is 0. The average Bonchev–Trinajstić information content (AvgIpc) is 3.28. The highest BCUT2D eigenvalue weighted by Crippen LogP contribution is 2.28. The summed E-state index contributed by atoms with van der Waals surface area (Å²) in [5.74, 6) is -0.374. The molecule has 3 aromatic carbocycles. The van der Waals surface area contributed by atoms with Gasteiger partial charge in [0.2, 0.25) is 5.16 Å². The van der Waals surface area contributed by atoms with E-state index in [9.17, 15) is 14.3 Å². The first-order valence-electron chi connectivity index (χ1n) is 9.75. The minimum Gasteiger partial charge on any atom is -0.489 e. The highest BCUT2D eigenvalue weighted by atomic mass is 35.5. The molecule has 0 aliphatic carbocycles. The number of hydrogen-bond acceptors (Lipinski definition) is 5. The summed E-state index contributed by atoms with van der Waals surface area (Å²) in [6.07, 6.45) is 1.52. The van der Waals surface area contributed by atoms with Crippen LogP contribution in [0, 0.1) is 5.82 Å². The highest BCUT2D eigenvalue weighted by molar-refractivity contribution is 8.04. The zero-order chi connectivity index (χ0) is 23.2. The molecule has 4 rings (SSSR count). The number of carboxylic acids is 1. The van der Waals surface area contributed by atoms with Crippen LogP contribution in [0.1, 0.15) is 11.1 Å². The van der Waals surface area contributed by atoms with Crippen LogP contribution >= 0.6 is 23.4 Å². The zero-order valence-corrected chi connectivity index (χ0v) is 18.6. The Morgan fingerprint density at radius 1 is 1.09 bits per heavy atom. The van der Waals surface area contributed by atoms with Crippen molar-refractivity contribution < 1.29 is 19.0 Å². The molecule has 0 bridgehead atoms. The maximum Gasteiger partial charge on any atom is 0.342 e. The molecule has 1 heterocycles. The lowest BCUT2D eigenvalue weighted by molar-refractivity contribution is -0.131. The minimum atomic E-state index is -1.10. The molecule has 0 unspecified atom stereocenters. The molecule has 9 heteroatoms. The summed E-state index contributed by atoms with van der Waals surface area (Å²) in [6.45, 7) is 0.0961. The fourth-order valence-corrected chi connectivity index (χ4v) is 3.68. The predicted molar refractivity (Wildman–Crippen MR) is 125 cm³/mol. The van der Waals surface area contributed by atoms with Gasteiger partial charge in [0.25, 0.3) is 0 Å². The van der Waals surface area contributed by atoms with Gasteiger partial charge in [0, 0.05) is 16.1 Å². The van der Waals surface area contributed by atoms with Gasteiger partial charge in [0.05, 0.1) is 0 Å². The first kappa shape index (κ1) is 22.6. The van der Waals surface area contributed by atoms with Gasteiger partial charge < -0.3 is 9.84 Å². The van der Waals surface area contributed by atoms with Crippen molar-refractivity contribution in [1.29, 1.82) is 0 Å². The van der Waals surface area contributed by atoms with E-state index < -0.39 is 5.97 Å². The molecule has 0 amide bonds. The van der Waals surface area contributed by atoms with E-state index in [1.807, 2.05) is 0 Å². The van der Waals surface area contributed by atoms with Crippen LogP contribution in [-0.4, -0.2) is 26.3 Å². The number of H-pyrrole nitrogens is 1. The first-order valence-corrected chi connectivity index (χ1v) is 10.9. The average molecular weight is 482 g/mol. The van der Waals surface area contributed by atoms with Crippen LogP contribution < -0.4 is 4.74 Å². The van der Waals surface area contributed by atoms with Crippen LogP contribution in [0.5, 0.6) is 5.75 Å². The second-order valence-electron chi connectivity index (χ2n) is 6.84. The number of hydrogen-bond donors (Lipinski definition) is 2. The summed E-state index contributed by atoms with van der Waals surface area (Å²) in [6, 6.07) is 20.3. The predicted octanol–water partition coefficient (Wildman–Crippen LogP) is 6.06. The van der Waals surface area contributed by atoms with Crippen LogP contribution in [0.4, 0.5) is 4.39 Å². The van der Waals surface area contributed by atoms with Crippen LogP contribution in [-0.2, 0) is 11.4 Å². The van der Waals surface area contributed by atoms with Crippen molar-refractivity contribution in [3.05, 3.63) is 99.7 Å². The zero-order valence-electron chi connectivity index (χ0n) is 17.0. The second kappa shape index (κ2) is 10.3. The number of carbonyl (C=O) groups is 1. The molecular weight excluding hydrogens is 465 g/mol. The van der Waals surface area contributed by atoms with Gasteiger partial charge in [-0.25, -0.2) is 14.2 Å². The molecule has 0 radical (unpaired) electrons. The fraction of sp³-hybridized carbons (Fsp3) is 0.0417. The molecular formula is C24H17ClFN3O3S. The van der Waals surface area contributed by atoms with Crippen LogP contribution in [0.25, 0.3) is 17.5 Å². The first-order chi connectivity index (χ1) is 16.0. The third-order valence-electron chi connectivity index (χ3n) is 4.52. The molecule has 0 fully saturated rings. The number of thioether (sulfide) groups is 1. The van der Waals surface area contributed by atoms with Gasteiger partial charge in [0.15, 0.2) is 5.82 Å². The van der Waals surface area contributed by atoms with Crippen molar-refractivity contribution in [3.63, 3.8) is 0 Å². The van der Waals surface area contributed by atoms with Gasteiger partial charge in [-0.1, -0.05) is 41.9 Å². The molecule has 2 N–H and O–H groups in total. The Morgan fingerprint density at radius 3 is 2.52 bits per heavy atom. The second-order valence-corrected chi connectivity index (χ2v) is 8.28. The fourth-order valence-electron chi connectivity index (χ4n) is 2.85. The molecule has 0 saturated carbocycles. The van der Waals surface area contributed by atoms with E-state index in [1.54, 1.807) is 66.7 Å². The quantitative estimate of drug-likeness (QED) is 0.235. The van der Waals surface area contributed by atoms with Crippen molar-refractivity contribution in [2.45, 2.75) is 11.8 Å².